The number of amides is 2. The van der Waals surface area contributed by atoms with Gasteiger partial charge in [-0.25, -0.2) is 0 Å². The summed E-state index contributed by atoms with van der Waals surface area (Å²) >= 11 is 5.23. The lowest BCUT2D eigenvalue weighted by Crippen LogP contribution is -2.54. The number of nitrogens with one attached hydrogen (secondary N) is 1. The normalized spacial score (nSPS) is 14.9. The lowest BCUT2D eigenvalue weighted by atomic mass is 10.1. The molecule has 172 valence electrons. The maximum atomic E-state index is 13.2. The van der Waals surface area contributed by atoms with Crippen molar-refractivity contribution in [3.63, 3.8) is 0 Å². The molecule has 0 atom stereocenters. The Kier molecular flexibility index (Phi) is 6.24. The number of thiocarbonyl (C=S) groups is 1. The van der Waals surface area contributed by atoms with Gasteiger partial charge < -0.3 is 9.15 Å². The molecule has 1 aromatic heterocycles. The molecule has 2 amide bonds. The summed E-state index contributed by atoms with van der Waals surface area (Å²) in [5.41, 5.74) is 1.51. The first-order valence-corrected chi connectivity index (χ1v) is 10.7. The summed E-state index contributed by atoms with van der Waals surface area (Å²) in [6, 6.07) is 14.4. The second-order valence-electron chi connectivity index (χ2n) is 7.35. The van der Waals surface area contributed by atoms with Crippen LogP contribution in [-0.4, -0.2) is 28.5 Å². The molecule has 0 bridgehead atoms. The van der Waals surface area contributed by atoms with Crippen LogP contribution in [0.3, 0.4) is 0 Å². The molecule has 1 aliphatic heterocycles. The van der Waals surface area contributed by atoms with E-state index in [0.717, 1.165) is 5.56 Å². The van der Waals surface area contributed by atoms with E-state index in [-0.39, 0.29) is 22.1 Å². The minimum absolute atomic E-state index is 0.0480. The molecular weight excluding hydrogens is 458 g/mol. The molecular formula is C24H19N3O6S. The van der Waals surface area contributed by atoms with Gasteiger partial charge in [0.25, 0.3) is 17.5 Å². The lowest BCUT2D eigenvalue weighted by Gasteiger charge is -2.29. The van der Waals surface area contributed by atoms with Crippen molar-refractivity contribution in [2.75, 3.05) is 11.5 Å². The fourth-order valence-electron chi connectivity index (χ4n) is 3.48. The van der Waals surface area contributed by atoms with E-state index >= 15 is 0 Å². The number of benzene rings is 2. The zero-order valence-electron chi connectivity index (χ0n) is 18.2. The van der Waals surface area contributed by atoms with Crippen molar-refractivity contribution < 1.29 is 23.7 Å². The number of carbonyl (C=O) groups is 2. The van der Waals surface area contributed by atoms with Gasteiger partial charge in [-0.1, -0.05) is 12.1 Å². The van der Waals surface area contributed by atoms with Crippen LogP contribution < -0.4 is 15.0 Å². The Balaban J connectivity index is 1.68. The third-order valence-corrected chi connectivity index (χ3v) is 5.38. The Morgan fingerprint density at radius 1 is 1.18 bits per heavy atom. The fourth-order valence-corrected chi connectivity index (χ4v) is 3.76. The molecule has 0 spiro atoms. The molecule has 9 nitrogen and oxygen atoms in total. The number of hydrogen-bond acceptors (Lipinski definition) is 7. The van der Waals surface area contributed by atoms with Crippen LogP contribution in [0.2, 0.25) is 0 Å². The van der Waals surface area contributed by atoms with E-state index in [1.165, 1.54) is 23.1 Å². The largest absolute Gasteiger partial charge is 0.494 e. The Morgan fingerprint density at radius 3 is 2.71 bits per heavy atom. The fraction of sp³-hybridized carbons (Fsp3) is 0.125. The van der Waals surface area contributed by atoms with Crippen molar-refractivity contribution in [3.8, 4) is 17.1 Å². The summed E-state index contributed by atoms with van der Waals surface area (Å²) in [7, 11) is 0. The van der Waals surface area contributed by atoms with Crippen molar-refractivity contribution in [1.29, 1.82) is 0 Å². The molecule has 34 heavy (non-hydrogen) atoms. The first-order chi connectivity index (χ1) is 16.3. The molecule has 0 unspecified atom stereocenters. The third kappa shape index (κ3) is 4.44. The summed E-state index contributed by atoms with van der Waals surface area (Å²) < 4.78 is 11.3. The third-order valence-electron chi connectivity index (χ3n) is 5.10. The number of nitrogens with zero attached hydrogens (tertiary/aromatic N) is 2. The molecule has 1 aliphatic rings. The van der Waals surface area contributed by atoms with E-state index in [9.17, 15) is 19.7 Å². The van der Waals surface area contributed by atoms with Crippen LogP contribution in [0, 0.1) is 17.0 Å². The number of hydrogen-bond donors (Lipinski definition) is 1. The zero-order chi connectivity index (χ0) is 24.4. The van der Waals surface area contributed by atoms with Crippen LogP contribution in [0.4, 0.5) is 11.4 Å². The molecule has 0 saturated carbocycles. The smallest absolute Gasteiger partial charge is 0.270 e. The molecule has 0 aliphatic carbocycles. The predicted molar refractivity (Wildman–Crippen MR) is 129 cm³/mol. The number of rotatable bonds is 6. The molecule has 4 rings (SSSR count). The monoisotopic (exact) mass is 477 g/mol. The minimum atomic E-state index is -0.656. The van der Waals surface area contributed by atoms with Crippen LogP contribution in [0.25, 0.3) is 17.4 Å². The van der Waals surface area contributed by atoms with E-state index in [1.54, 1.807) is 49.4 Å². The Bertz CT molecular complexity index is 1360. The topological polar surface area (TPSA) is 115 Å². The lowest BCUT2D eigenvalue weighted by molar-refractivity contribution is -0.384. The average Bonchev–Trinajstić information content (AvgIpc) is 3.25. The molecule has 1 fully saturated rings. The van der Waals surface area contributed by atoms with Crippen LogP contribution in [0.15, 0.2) is 64.6 Å². The summed E-state index contributed by atoms with van der Waals surface area (Å²) in [6.07, 6.45) is 1.31. The van der Waals surface area contributed by atoms with Gasteiger partial charge in [-0.05, 0) is 62.0 Å². The van der Waals surface area contributed by atoms with Crippen molar-refractivity contribution >= 4 is 46.6 Å². The Hall–Kier alpha value is -4.31. The summed E-state index contributed by atoms with van der Waals surface area (Å²) in [5, 5.41) is 13.6. The molecule has 1 N–H and O–H groups in total. The predicted octanol–water partition coefficient (Wildman–Crippen LogP) is 4.39. The number of anilines is 1. The highest BCUT2D eigenvalue weighted by molar-refractivity contribution is 7.80. The number of nitro benzene ring substituents is 1. The second-order valence-corrected chi connectivity index (χ2v) is 7.73. The summed E-state index contributed by atoms with van der Waals surface area (Å²) in [4.78, 5) is 37.6. The van der Waals surface area contributed by atoms with Crippen molar-refractivity contribution in [1.82, 2.24) is 5.32 Å². The number of furan rings is 1. The first kappa shape index (κ1) is 22.9. The number of nitro groups is 1. The number of carbonyl (C=O) groups excluding carboxylic acids is 2. The average molecular weight is 477 g/mol. The van der Waals surface area contributed by atoms with E-state index in [2.05, 4.69) is 5.32 Å². The SMILES string of the molecule is CCOc1cccc(N2C(=O)C(=Cc3ccc(-c4cc([N+](=O)[O-])ccc4C)o3)C(=O)NC2=S)c1. The molecule has 3 aromatic rings. The standard InChI is InChI=1S/C24H19N3O6S/c1-3-32-17-6-4-5-15(11-17)26-23(29)20(22(28)25-24(26)34)13-18-9-10-21(33-18)19-12-16(27(30)31)8-7-14(19)2/h4-13H,3H2,1-2H3,(H,25,28,34). The Morgan fingerprint density at radius 2 is 1.97 bits per heavy atom. The maximum absolute atomic E-state index is 13.2. The Labute approximate surface area is 199 Å². The van der Waals surface area contributed by atoms with Crippen molar-refractivity contribution in [2.45, 2.75) is 13.8 Å². The zero-order valence-corrected chi connectivity index (χ0v) is 19.0. The number of ether oxygens (including phenoxy) is 1. The molecule has 0 radical (unpaired) electrons. The van der Waals surface area contributed by atoms with Crippen LogP contribution in [0.1, 0.15) is 18.2 Å². The summed E-state index contributed by atoms with van der Waals surface area (Å²) in [6.45, 7) is 4.10. The van der Waals surface area contributed by atoms with Crippen LogP contribution in [-0.2, 0) is 9.59 Å². The first-order valence-electron chi connectivity index (χ1n) is 10.3. The van der Waals surface area contributed by atoms with Crippen LogP contribution in [0.5, 0.6) is 5.75 Å². The second kappa shape index (κ2) is 9.28. The van der Waals surface area contributed by atoms with Gasteiger partial charge in [0.05, 0.1) is 17.2 Å². The van der Waals surface area contributed by atoms with Gasteiger partial charge in [-0.15, -0.1) is 0 Å². The van der Waals surface area contributed by atoms with Crippen molar-refractivity contribution in [3.05, 3.63) is 81.6 Å². The van der Waals surface area contributed by atoms with Gasteiger partial charge in [-0.2, -0.15) is 0 Å². The molecule has 1 saturated heterocycles. The highest BCUT2D eigenvalue weighted by Crippen LogP contribution is 2.31. The van der Waals surface area contributed by atoms with Gasteiger partial charge in [0, 0.05) is 23.8 Å². The highest BCUT2D eigenvalue weighted by atomic mass is 32.1. The van der Waals surface area contributed by atoms with Gasteiger partial charge in [0.15, 0.2) is 5.11 Å². The molecule has 2 heterocycles. The summed E-state index contributed by atoms with van der Waals surface area (Å²) in [5.74, 6) is -0.117. The van der Waals surface area contributed by atoms with Gasteiger partial charge in [0.2, 0.25) is 0 Å². The van der Waals surface area contributed by atoms with E-state index in [4.69, 9.17) is 21.4 Å². The number of non-ortho nitro benzene ring substituents is 1. The molecule has 10 heteroatoms. The maximum Gasteiger partial charge on any atom is 0.270 e. The number of aryl methyl sites for hydroxylation is 1. The van der Waals surface area contributed by atoms with E-state index < -0.39 is 16.7 Å². The van der Waals surface area contributed by atoms with E-state index in [1.807, 2.05) is 6.92 Å². The van der Waals surface area contributed by atoms with Crippen LogP contribution >= 0.6 is 12.2 Å². The minimum Gasteiger partial charge on any atom is -0.494 e. The quantitative estimate of drug-likeness (QED) is 0.184. The van der Waals surface area contributed by atoms with Crippen molar-refractivity contribution in [2.24, 2.45) is 0 Å². The van der Waals surface area contributed by atoms with Gasteiger partial charge >= 0.3 is 0 Å². The molecule has 2 aromatic carbocycles. The highest BCUT2D eigenvalue weighted by Gasteiger charge is 2.35. The van der Waals surface area contributed by atoms with Gasteiger partial charge in [-0.3, -0.25) is 29.9 Å². The van der Waals surface area contributed by atoms with Gasteiger partial charge in [0.1, 0.15) is 22.8 Å². The van der Waals surface area contributed by atoms with E-state index in [0.29, 0.717) is 29.4 Å².